The summed E-state index contributed by atoms with van der Waals surface area (Å²) >= 11 is 0. The molecule has 0 heterocycles. The molecule has 156 valence electrons. The van der Waals surface area contributed by atoms with Gasteiger partial charge < -0.3 is 10.1 Å². The number of hydrogen-bond acceptors (Lipinski definition) is 5. The van der Waals surface area contributed by atoms with E-state index in [9.17, 15) is 18.0 Å². The Balaban J connectivity index is 2.38. The normalized spacial score (nSPS) is 12.2. The van der Waals surface area contributed by atoms with Gasteiger partial charge in [0.25, 0.3) is 0 Å². The maximum absolute atomic E-state index is 13.0. The molecule has 1 atom stereocenters. The highest BCUT2D eigenvalue weighted by Gasteiger charge is 2.31. The lowest BCUT2D eigenvalue weighted by Gasteiger charge is -2.30. The molecule has 0 aromatic heterocycles. The lowest BCUT2D eigenvalue weighted by Crippen LogP contribution is -2.47. The second kappa shape index (κ2) is 9.09. The molecule has 2 aromatic rings. The quantitative estimate of drug-likeness (QED) is 0.697. The summed E-state index contributed by atoms with van der Waals surface area (Å²) in [6.07, 6.45) is 1.35. The third kappa shape index (κ3) is 5.35. The number of carbonyl (C=O) groups excluding carboxylic acids is 2. The molecular formula is C21H26N2O5S. The average Bonchev–Trinajstić information content (AvgIpc) is 2.66. The van der Waals surface area contributed by atoms with E-state index < -0.39 is 27.9 Å². The van der Waals surface area contributed by atoms with Gasteiger partial charge in [-0.15, -0.1) is 0 Å². The molecule has 0 saturated carbocycles. The first-order chi connectivity index (χ1) is 13.6. The smallest absolute Gasteiger partial charge is 0.337 e. The van der Waals surface area contributed by atoms with E-state index in [1.165, 1.54) is 13.2 Å². The number of sulfonamides is 1. The summed E-state index contributed by atoms with van der Waals surface area (Å²) in [5.41, 5.74) is 3.05. The fraction of sp³-hybridized carbons (Fsp3) is 0.333. The summed E-state index contributed by atoms with van der Waals surface area (Å²) in [5.74, 6) is -1.01. The van der Waals surface area contributed by atoms with Crippen LogP contribution in [-0.2, 0) is 19.6 Å². The highest BCUT2D eigenvalue weighted by Crippen LogP contribution is 2.26. The van der Waals surface area contributed by atoms with E-state index in [-0.39, 0.29) is 12.0 Å². The SMILES string of the molecule is CC[C@@H](C(=O)Nc1cccc(C(=O)OC)c1)N(c1ccc(C)c(C)c1)S(C)(=O)=O. The summed E-state index contributed by atoms with van der Waals surface area (Å²) in [7, 11) is -2.45. The number of benzene rings is 2. The Kier molecular flexibility index (Phi) is 7.02. The van der Waals surface area contributed by atoms with Gasteiger partial charge in [0.05, 0.1) is 24.6 Å². The molecule has 2 rings (SSSR count). The summed E-state index contributed by atoms with van der Waals surface area (Å²) < 4.78 is 30.9. The summed E-state index contributed by atoms with van der Waals surface area (Å²) in [5, 5.41) is 2.71. The number of nitrogens with zero attached hydrogens (tertiary/aromatic N) is 1. The van der Waals surface area contributed by atoms with E-state index in [4.69, 9.17) is 0 Å². The van der Waals surface area contributed by atoms with Crippen molar-refractivity contribution in [3.8, 4) is 0 Å². The number of nitrogens with one attached hydrogen (secondary N) is 1. The molecule has 1 amide bonds. The molecule has 0 bridgehead atoms. The Morgan fingerprint density at radius 1 is 1.10 bits per heavy atom. The molecule has 0 fully saturated rings. The van der Waals surface area contributed by atoms with Crippen LogP contribution in [0.15, 0.2) is 42.5 Å². The Morgan fingerprint density at radius 2 is 1.79 bits per heavy atom. The number of rotatable bonds is 7. The second-order valence-corrected chi connectivity index (χ2v) is 8.67. The Morgan fingerprint density at radius 3 is 2.34 bits per heavy atom. The molecule has 0 aliphatic heterocycles. The summed E-state index contributed by atoms with van der Waals surface area (Å²) in [6.45, 7) is 5.56. The van der Waals surface area contributed by atoms with Crippen molar-refractivity contribution in [1.82, 2.24) is 0 Å². The first-order valence-corrected chi connectivity index (χ1v) is 11.0. The zero-order valence-corrected chi connectivity index (χ0v) is 18.0. The van der Waals surface area contributed by atoms with Crippen molar-refractivity contribution in [2.45, 2.75) is 33.2 Å². The van der Waals surface area contributed by atoms with Gasteiger partial charge in [0.15, 0.2) is 0 Å². The fourth-order valence-corrected chi connectivity index (χ4v) is 4.19. The van der Waals surface area contributed by atoms with Gasteiger partial charge in [-0.3, -0.25) is 9.10 Å². The van der Waals surface area contributed by atoms with E-state index in [2.05, 4.69) is 10.1 Å². The zero-order chi connectivity index (χ0) is 21.8. The minimum atomic E-state index is -3.72. The minimum absolute atomic E-state index is 0.266. The van der Waals surface area contributed by atoms with Crippen LogP contribution in [0.4, 0.5) is 11.4 Å². The number of methoxy groups -OCH3 is 1. The second-order valence-electron chi connectivity index (χ2n) is 6.81. The number of hydrogen-bond donors (Lipinski definition) is 1. The van der Waals surface area contributed by atoms with Gasteiger partial charge in [-0.1, -0.05) is 19.1 Å². The van der Waals surface area contributed by atoms with Crippen molar-refractivity contribution in [3.63, 3.8) is 0 Å². The van der Waals surface area contributed by atoms with Crippen molar-refractivity contribution in [1.29, 1.82) is 0 Å². The van der Waals surface area contributed by atoms with Gasteiger partial charge in [0.1, 0.15) is 6.04 Å². The van der Waals surface area contributed by atoms with E-state index in [0.717, 1.165) is 21.7 Å². The molecule has 0 radical (unpaired) electrons. The molecule has 2 aromatic carbocycles. The predicted octanol–water partition coefficient (Wildman–Crippen LogP) is 3.27. The van der Waals surface area contributed by atoms with E-state index >= 15 is 0 Å². The van der Waals surface area contributed by atoms with Gasteiger partial charge in [-0.2, -0.15) is 0 Å². The molecule has 1 N–H and O–H groups in total. The van der Waals surface area contributed by atoms with Crippen molar-refractivity contribution in [2.24, 2.45) is 0 Å². The maximum atomic E-state index is 13.0. The standard InChI is InChI=1S/C21H26N2O5S/c1-6-19(20(24)22-17-9-7-8-16(13-17)21(25)28-4)23(29(5,26)27)18-11-10-14(2)15(3)12-18/h7-13,19H,6H2,1-5H3,(H,22,24)/t19-/m0/s1. The fourth-order valence-electron chi connectivity index (χ4n) is 2.99. The Hall–Kier alpha value is -2.87. The van der Waals surface area contributed by atoms with Crippen LogP contribution in [0.2, 0.25) is 0 Å². The molecule has 7 nitrogen and oxygen atoms in total. The van der Waals surface area contributed by atoms with Crippen molar-refractivity contribution in [2.75, 3.05) is 23.0 Å². The molecule has 0 saturated heterocycles. The van der Waals surface area contributed by atoms with Crippen LogP contribution in [0.5, 0.6) is 0 Å². The summed E-state index contributed by atoms with van der Waals surface area (Å²) in [4.78, 5) is 24.7. The van der Waals surface area contributed by atoms with Crippen molar-refractivity contribution < 1.29 is 22.7 Å². The predicted molar refractivity (Wildman–Crippen MR) is 114 cm³/mol. The van der Waals surface area contributed by atoms with Crippen LogP contribution in [0, 0.1) is 13.8 Å². The number of aryl methyl sites for hydroxylation is 2. The molecule has 0 aliphatic rings. The van der Waals surface area contributed by atoms with E-state index in [0.29, 0.717) is 11.4 Å². The van der Waals surface area contributed by atoms with Gasteiger partial charge in [-0.25, -0.2) is 13.2 Å². The van der Waals surface area contributed by atoms with Crippen LogP contribution >= 0.6 is 0 Å². The Labute approximate surface area is 171 Å². The lowest BCUT2D eigenvalue weighted by atomic mass is 10.1. The highest BCUT2D eigenvalue weighted by molar-refractivity contribution is 7.92. The molecule has 0 aliphatic carbocycles. The van der Waals surface area contributed by atoms with Crippen molar-refractivity contribution >= 4 is 33.3 Å². The van der Waals surface area contributed by atoms with Crippen LogP contribution in [0.1, 0.15) is 34.8 Å². The van der Waals surface area contributed by atoms with Gasteiger partial charge in [0.2, 0.25) is 15.9 Å². The molecule has 8 heteroatoms. The third-order valence-corrected chi connectivity index (χ3v) is 5.81. The molecular weight excluding hydrogens is 392 g/mol. The topological polar surface area (TPSA) is 92.8 Å². The molecule has 0 spiro atoms. The zero-order valence-electron chi connectivity index (χ0n) is 17.2. The van der Waals surface area contributed by atoms with Gasteiger partial charge in [-0.05, 0) is 61.7 Å². The average molecular weight is 419 g/mol. The number of anilines is 2. The third-order valence-electron chi connectivity index (χ3n) is 4.63. The number of esters is 1. The van der Waals surface area contributed by atoms with Gasteiger partial charge in [0, 0.05) is 5.69 Å². The van der Waals surface area contributed by atoms with Crippen LogP contribution in [0.3, 0.4) is 0 Å². The van der Waals surface area contributed by atoms with Crippen LogP contribution < -0.4 is 9.62 Å². The number of carbonyl (C=O) groups is 2. The number of amides is 1. The molecule has 0 unspecified atom stereocenters. The Bertz CT molecular complexity index is 1020. The van der Waals surface area contributed by atoms with Gasteiger partial charge >= 0.3 is 5.97 Å². The lowest BCUT2D eigenvalue weighted by molar-refractivity contribution is -0.117. The van der Waals surface area contributed by atoms with Crippen LogP contribution in [0.25, 0.3) is 0 Å². The monoisotopic (exact) mass is 418 g/mol. The largest absolute Gasteiger partial charge is 0.465 e. The first kappa shape index (κ1) is 22.4. The van der Waals surface area contributed by atoms with E-state index in [1.54, 1.807) is 37.3 Å². The summed E-state index contributed by atoms with van der Waals surface area (Å²) in [6, 6.07) is 10.6. The van der Waals surface area contributed by atoms with E-state index in [1.807, 2.05) is 19.9 Å². The number of ether oxygens (including phenoxy) is 1. The minimum Gasteiger partial charge on any atom is -0.465 e. The van der Waals surface area contributed by atoms with Crippen molar-refractivity contribution in [3.05, 3.63) is 59.2 Å². The van der Waals surface area contributed by atoms with Crippen LogP contribution in [-0.4, -0.2) is 39.7 Å². The first-order valence-electron chi connectivity index (χ1n) is 9.14. The molecule has 29 heavy (non-hydrogen) atoms. The maximum Gasteiger partial charge on any atom is 0.337 e. The highest BCUT2D eigenvalue weighted by atomic mass is 32.2.